The number of nitrogens with two attached hydrogens (primary N) is 1. The quantitative estimate of drug-likeness (QED) is 0.832. The molecule has 2 heterocycles. The first-order valence-electron chi connectivity index (χ1n) is 6.28. The van der Waals surface area contributed by atoms with Gasteiger partial charge in [-0.3, -0.25) is 9.69 Å². The maximum atomic E-state index is 11.9. The Morgan fingerprint density at radius 2 is 2.30 bits per heavy atom. The number of pyridine rings is 1. The lowest BCUT2D eigenvalue weighted by Crippen LogP contribution is -2.28. The molecule has 1 aliphatic rings. The van der Waals surface area contributed by atoms with Gasteiger partial charge in [-0.25, -0.2) is 18.5 Å². The van der Waals surface area contributed by atoms with Crippen LogP contribution in [0.2, 0.25) is 0 Å². The van der Waals surface area contributed by atoms with Crippen LogP contribution in [0.3, 0.4) is 0 Å². The fourth-order valence-electron chi connectivity index (χ4n) is 2.25. The second-order valence-corrected chi connectivity index (χ2v) is 6.35. The number of hydrogen-bond donors (Lipinski definition) is 1. The summed E-state index contributed by atoms with van der Waals surface area (Å²) in [4.78, 5) is 17.5. The van der Waals surface area contributed by atoms with Crippen LogP contribution >= 0.6 is 0 Å². The first-order chi connectivity index (χ1) is 9.39. The van der Waals surface area contributed by atoms with Crippen LogP contribution in [0.15, 0.2) is 18.3 Å². The maximum absolute atomic E-state index is 11.9. The van der Waals surface area contributed by atoms with Gasteiger partial charge in [0.1, 0.15) is 11.6 Å². The summed E-state index contributed by atoms with van der Waals surface area (Å²) in [6, 6.07) is 3.37. The summed E-state index contributed by atoms with van der Waals surface area (Å²) in [5.41, 5.74) is 0. The average molecular weight is 299 g/mol. The number of aromatic nitrogens is 1. The van der Waals surface area contributed by atoms with E-state index in [1.54, 1.807) is 18.3 Å². The van der Waals surface area contributed by atoms with E-state index in [-0.39, 0.29) is 24.0 Å². The zero-order valence-electron chi connectivity index (χ0n) is 11.2. The van der Waals surface area contributed by atoms with Crippen LogP contribution in [0, 0.1) is 5.92 Å². The van der Waals surface area contributed by atoms with Gasteiger partial charge in [0.25, 0.3) is 0 Å². The van der Waals surface area contributed by atoms with Gasteiger partial charge in [0.2, 0.25) is 15.9 Å². The zero-order chi connectivity index (χ0) is 14.8. The van der Waals surface area contributed by atoms with E-state index in [2.05, 4.69) is 4.98 Å². The molecule has 8 heteroatoms. The Morgan fingerprint density at radius 3 is 2.95 bits per heavy atom. The summed E-state index contributed by atoms with van der Waals surface area (Å²) in [7, 11) is -3.58. The molecule has 1 aliphatic heterocycles. The van der Waals surface area contributed by atoms with Gasteiger partial charge in [-0.05, 0) is 13.0 Å². The second-order valence-electron chi connectivity index (χ2n) is 4.69. The summed E-state index contributed by atoms with van der Waals surface area (Å²) in [6.07, 6.45) is 1.72. The lowest BCUT2D eigenvalue weighted by molar-refractivity contribution is -0.117. The molecule has 1 atom stereocenters. The van der Waals surface area contributed by atoms with Crippen molar-refractivity contribution in [3.8, 4) is 5.75 Å². The predicted molar refractivity (Wildman–Crippen MR) is 73.8 cm³/mol. The van der Waals surface area contributed by atoms with Crippen molar-refractivity contribution in [3.05, 3.63) is 18.3 Å². The fraction of sp³-hybridized carbons (Fsp3) is 0.500. The predicted octanol–water partition coefficient (Wildman–Crippen LogP) is 0.122. The molecule has 1 unspecified atom stereocenters. The first kappa shape index (κ1) is 14.7. The SMILES string of the molecule is CCOc1ccnc(N2CC(CS(N)(=O)=O)CC2=O)c1. The molecule has 1 aromatic heterocycles. The Morgan fingerprint density at radius 1 is 1.55 bits per heavy atom. The molecule has 0 spiro atoms. The minimum absolute atomic E-state index is 0.153. The van der Waals surface area contributed by atoms with E-state index in [9.17, 15) is 13.2 Å². The van der Waals surface area contributed by atoms with Gasteiger partial charge < -0.3 is 4.74 Å². The molecule has 20 heavy (non-hydrogen) atoms. The van der Waals surface area contributed by atoms with Gasteiger partial charge in [-0.2, -0.15) is 0 Å². The number of sulfonamides is 1. The van der Waals surface area contributed by atoms with E-state index in [0.29, 0.717) is 24.7 Å². The number of hydrogen-bond acceptors (Lipinski definition) is 5. The molecule has 1 aromatic rings. The molecule has 1 saturated heterocycles. The molecule has 1 amide bonds. The molecular weight excluding hydrogens is 282 g/mol. The summed E-state index contributed by atoms with van der Waals surface area (Å²) in [5.74, 6) is 0.452. The molecule has 0 saturated carbocycles. The van der Waals surface area contributed by atoms with Gasteiger partial charge >= 0.3 is 0 Å². The smallest absolute Gasteiger partial charge is 0.228 e. The van der Waals surface area contributed by atoms with Gasteiger partial charge in [-0.1, -0.05) is 0 Å². The number of carbonyl (C=O) groups excluding carboxylic acids is 1. The van der Waals surface area contributed by atoms with Crippen molar-refractivity contribution in [1.82, 2.24) is 4.98 Å². The second kappa shape index (κ2) is 5.76. The Hall–Kier alpha value is -1.67. The van der Waals surface area contributed by atoms with E-state index >= 15 is 0 Å². The zero-order valence-corrected chi connectivity index (χ0v) is 12.0. The summed E-state index contributed by atoms with van der Waals surface area (Å²) >= 11 is 0. The Balaban J connectivity index is 2.13. The third-order valence-electron chi connectivity index (χ3n) is 2.98. The van der Waals surface area contributed by atoms with Crippen molar-refractivity contribution in [3.63, 3.8) is 0 Å². The molecular formula is C12H17N3O4S. The molecule has 0 aromatic carbocycles. The van der Waals surface area contributed by atoms with Crippen LogP contribution < -0.4 is 14.8 Å². The minimum Gasteiger partial charge on any atom is -0.494 e. The van der Waals surface area contributed by atoms with Crippen molar-refractivity contribution in [2.75, 3.05) is 23.8 Å². The molecule has 2 N–H and O–H groups in total. The Kier molecular flexibility index (Phi) is 4.24. The van der Waals surface area contributed by atoms with E-state index in [1.165, 1.54) is 4.90 Å². The highest BCUT2D eigenvalue weighted by atomic mass is 32.2. The van der Waals surface area contributed by atoms with E-state index < -0.39 is 10.0 Å². The molecule has 1 fully saturated rings. The summed E-state index contributed by atoms with van der Waals surface area (Å²) < 4.78 is 27.5. The van der Waals surface area contributed by atoms with Crippen LogP contribution in [0.5, 0.6) is 5.75 Å². The molecule has 0 bridgehead atoms. The van der Waals surface area contributed by atoms with Crippen molar-refractivity contribution in [2.24, 2.45) is 11.1 Å². The largest absolute Gasteiger partial charge is 0.494 e. The number of nitrogens with zero attached hydrogens (tertiary/aromatic N) is 2. The number of amides is 1. The Labute approximate surface area is 117 Å². The number of ether oxygens (including phenoxy) is 1. The number of primary sulfonamides is 1. The van der Waals surface area contributed by atoms with Crippen molar-refractivity contribution >= 4 is 21.7 Å². The minimum atomic E-state index is -3.58. The molecule has 110 valence electrons. The highest BCUT2D eigenvalue weighted by molar-refractivity contribution is 7.89. The fourth-order valence-corrected chi connectivity index (χ4v) is 3.13. The highest BCUT2D eigenvalue weighted by Gasteiger charge is 2.33. The van der Waals surface area contributed by atoms with Crippen molar-refractivity contribution in [1.29, 1.82) is 0 Å². The van der Waals surface area contributed by atoms with Crippen molar-refractivity contribution in [2.45, 2.75) is 13.3 Å². The van der Waals surface area contributed by atoms with E-state index in [1.807, 2.05) is 6.92 Å². The average Bonchev–Trinajstić information content (AvgIpc) is 2.68. The Bertz CT molecular complexity index is 602. The summed E-state index contributed by atoms with van der Waals surface area (Å²) in [5, 5.41) is 5.02. The van der Waals surface area contributed by atoms with Crippen LogP contribution in [0.25, 0.3) is 0 Å². The third-order valence-corrected chi connectivity index (χ3v) is 3.91. The topological polar surface area (TPSA) is 103 Å². The van der Waals surface area contributed by atoms with Gasteiger partial charge in [0, 0.05) is 31.1 Å². The van der Waals surface area contributed by atoms with E-state index in [0.717, 1.165) is 0 Å². The summed E-state index contributed by atoms with van der Waals surface area (Å²) in [6.45, 7) is 2.69. The van der Waals surface area contributed by atoms with Crippen LogP contribution in [-0.2, 0) is 14.8 Å². The first-order valence-corrected chi connectivity index (χ1v) is 8.00. The lowest BCUT2D eigenvalue weighted by Gasteiger charge is -2.16. The van der Waals surface area contributed by atoms with Crippen LogP contribution in [0.4, 0.5) is 5.82 Å². The maximum Gasteiger partial charge on any atom is 0.228 e. The molecule has 0 radical (unpaired) electrons. The third kappa shape index (κ3) is 3.67. The highest BCUT2D eigenvalue weighted by Crippen LogP contribution is 2.26. The molecule has 0 aliphatic carbocycles. The van der Waals surface area contributed by atoms with Gasteiger partial charge in [0.15, 0.2) is 0 Å². The number of carbonyl (C=O) groups is 1. The molecule has 7 nitrogen and oxygen atoms in total. The van der Waals surface area contributed by atoms with Gasteiger partial charge in [0.05, 0.1) is 12.4 Å². The number of rotatable bonds is 5. The standard InChI is InChI=1S/C12H17N3O4S/c1-2-19-10-3-4-14-11(6-10)15-7-9(5-12(15)16)8-20(13,17)18/h3-4,6,9H,2,5,7-8H2,1H3,(H2,13,17,18). The van der Waals surface area contributed by atoms with Crippen LogP contribution in [0.1, 0.15) is 13.3 Å². The monoisotopic (exact) mass is 299 g/mol. The van der Waals surface area contributed by atoms with Crippen LogP contribution in [-0.4, -0.2) is 38.2 Å². The van der Waals surface area contributed by atoms with E-state index in [4.69, 9.17) is 9.88 Å². The molecule has 2 rings (SSSR count). The normalized spacial score (nSPS) is 19.4. The van der Waals surface area contributed by atoms with Gasteiger partial charge in [-0.15, -0.1) is 0 Å². The lowest BCUT2D eigenvalue weighted by atomic mass is 10.1. The number of anilines is 1. The van der Waals surface area contributed by atoms with Crippen molar-refractivity contribution < 1.29 is 17.9 Å².